The van der Waals surface area contributed by atoms with Crippen molar-refractivity contribution in [1.29, 1.82) is 0 Å². The van der Waals surface area contributed by atoms with Crippen LogP contribution in [0.1, 0.15) is 181 Å². The third-order valence-electron chi connectivity index (χ3n) is 7.94. The highest BCUT2D eigenvalue weighted by molar-refractivity contribution is 5.76. The highest BCUT2D eigenvalue weighted by atomic mass is 16.3. The van der Waals surface area contributed by atoms with E-state index in [0.29, 0.717) is 6.42 Å². The molecule has 0 aliphatic carbocycles. The molecule has 0 aromatic heterocycles. The maximum atomic E-state index is 12.1. The highest BCUT2D eigenvalue weighted by Crippen LogP contribution is 2.14. The first-order valence-electron chi connectivity index (χ1n) is 17.6. The number of carbonyl (C=O) groups is 1. The summed E-state index contributed by atoms with van der Waals surface area (Å²) in [6.07, 6.45) is 40.0. The standard InChI is InChI=1S/C36H69NO3/c1-3-5-7-9-11-12-13-14-15-16-17-18-19-20-21-22-23-24-25-26-27-29-31-35(39)34(33-38)37-36(40)32-30-28-10-8-6-4-2/h24-25,29,31,34-35,38-39H,3-23,26-28,30,32-33H2,1-2H3,(H,37,40)/b25-24+,31-29+. The summed E-state index contributed by atoms with van der Waals surface area (Å²) in [5.74, 6) is -0.0843. The third kappa shape index (κ3) is 28.4. The van der Waals surface area contributed by atoms with Crippen LogP contribution in [0.25, 0.3) is 0 Å². The van der Waals surface area contributed by atoms with Crippen LogP contribution in [-0.4, -0.2) is 34.9 Å². The van der Waals surface area contributed by atoms with Gasteiger partial charge in [0.2, 0.25) is 5.91 Å². The number of unbranched alkanes of at least 4 members (excludes halogenated alkanes) is 22. The quantitative estimate of drug-likeness (QED) is 0.0580. The zero-order valence-electron chi connectivity index (χ0n) is 26.9. The van der Waals surface area contributed by atoms with Crippen molar-refractivity contribution in [3.05, 3.63) is 24.3 Å². The van der Waals surface area contributed by atoms with Crippen molar-refractivity contribution in [3.63, 3.8) is 0 Å². The van der Waals surface area contributed by atoms with E-state index >= 15 is 0 Å². The van der Waals surface area contributed by atoms with Crippen LogP contribution in [0.2, 0.25) is 0 Å². The van der Waals surface area contributed by atoms with Gasteiger partial charge in [-0.25, -0.2) is 0 Å². The minimum atomic E-state index is -0.854. The highest BCUT2D eigenvalue weighted by Gasteiger charge is 2.17. The molecule has 0 aliphatic rings. The lowest BCUT2D eigenvalue weighted by molar-refractivity contribution is -0.123. The summed E-state index contributed by atoms with van der Waals surface area (Å²) in [5, 5.41) is 22.7. The predicted molar refractivity (Wildman–Crippen MR) is 175 cm³/mol. The van der Waals surface area contributed by atoms with Crippen LogP contribution in [0.15, 0.2) is 24.3 Å². The topological polar surface area (TPSA) is 69.6 Å². The van der Waals surface area contributed by atoms with Crippen molar-refractivity contribution < 1.29 is 15.0 Å². The first-order chi connectivity index (χ1) is 19.7. The van der Waals surface area contributed by atoms with Gasteiger partial charge in [0.1, 0.15) is 0 Å². The van der Waals surface area contributed by atoms with Crippen molar-refractivity contribution in [2.45, 2.75) is 193 Å². The first-order valence-corrected chi connectivity index (χ1v) is 17.6. The molecule has 236 valence electrons. The van der Waals surface area contributed by atoms with Crippen molar-refractivity contribution in [1.82, 2.24) is 5.32 Å². The Morgan fingerprint density at radius 2 is 0.975 bits per heavy atom. The van der Waals surface area contributed by atoms with Crippen LogP contribution in [0.3, 0.4) is 0 Å². The lowest BCUT2D eigenvalue weighted by Crippen LogP contribution is -2.45. The second-order valence-electron chi connectivity index (χ2n) is 11.9. The van der Waals surface area contributed by atoms with Crippen LogP contribution in [-0.2, 0) is 4.79 Å². The van der Waals surface area contributed by atoms with Gasteiger partial charge in [-0.05, 0) is 32.1 Å². The molecule has 4 nitrogen and oxygen atoms in total. The number of hydrogen-bond acceptors (Lipinski definition) is 3. The fourth-order valence-electron chi connectivity index (χ4n) is 5.19. The Kier molecular flexibility index (Phi) is 31.5. The van der Waals surface area contributed by atoms with E-state index in [1.165, 1.54) is 128 Å². The second-order valence-corrected chi connectivity index (χ2v) is 11.9. The van der Waals surface area contributed by atoms with Crippen molar-refractivity contribution >= 4 is 5.91 Å². The van der Waals surface area contributed by atoms with Crippen molar-refractivity contribution in [2.75, 3.05) is 6.61 Å². The molecular formula is C36H69NO3. The van der Waals surface area contributed by atoms with Crippen LogP contribution in [0, 0.1) is 0 Å². The summed E-state index contributed by atoms with van der Waals surface area (Å²) < 4.78 is 0. The Balaban J connectivity index is 3.56. The Labute approximate surface area is 249 Å². The number of allylic oxidation sites excluding steroid dienone is 3. The summed E-state index contributed by atoms with van der Waals surface area (Å²) in [4.78, 5) is 12.1. The van der Waals surface area contributed by atoms with Gasteiger partial charge in [0.15, 0.2) is 0 Å². The number of nitrogens with one attached hydrogen (secondary N) is 1. The fourth-order valence-corrected chi connectivity index (χ4v) is 5.19. The van der Waals surface area contributed by atoms with Crippen LogP contribution >= 0.6 is 0 Å². The summed E-state index contributed by atoms with van der Waals surface area (Å²) in [5.41, 5.74) is 0. The molecule has 40 heavy (non-hydrogen) atoms. The van der Waals surface area contributed by atoms with Gasteiger partial charge in [-0.15, -0.1) is 0 Å². The van der Waals surface area contributed by atoms with E-state index in [9.17, 15) is 15.0 Å². The molecule has 0 radical (unpaired) electrons. The fraction of sp³-hybridized carbons (Fsp3) is 0.861. The summed E-state index contributed by atoms with van der Waals surface area (Å²) in [6, 6.07) is -0.630. The lowest BCUT2D eigenvalue weighted by atomic mass is 10.0. The van der Waals surface area contributed by atoms with Crippen molar-refractivity contribution in [3.8, 4) is 0 Å². The first kappa shape index (κ1) is 38.9. The smallest absolute Gasteiger partial charge is 0.220 e. The normalized spacial score (nSPS) is 13.4. The summed E-state index contributed by atoms with van der Waals surface area (Å²) in [7, 11) is 0. The largest absolute Gasteiger partial charge is 0.394 e. The SMILES string of the molecule is CCCCCCCCCCCCCCCCCC/C=C/CC/C=C/C(O)C(CO)NC(=O)CCCCCCCC. The van der Waals surface area contributed by atoms with Crippen molar-refractivity contribution in [2.24, 2.45) is 0 Å². The molecule has 0 aliphatic heterocycles. The predicted octanol–water partition coefficient (Wildman–Crippen LogP) is 10.1. The van der Waals surface area contributed by atoms with E-state index in [1.54, 1.807) is 6.08 Å². The zero-order valence-corrected chi connectivity index (χ0v) is 26.9. The molecule has 3 N–H and O–H groups in total. The minimum Gasteiger partial charge on any atom is -0.394 e. The molecule has 0 heterocycles. The van der Waals surface area contributed by atoms with Gasteiger partial charge in [0, 0.05) is 6.42 Å². The monoisotopic (exact) mass is 564 g/mol. The molecule has 4 heteroatoms. The molecule has 0 fully saturated rings. The van der Waals surface area contributed by atoms with E-state index in [2.05, 4.69) is 31.3 Å². The molecule has 0 aromatic rings. The molecule has 0 saturated carbocycles. The van der Waals surface area contributed by atoms with Gasteiger partial charge in [0.05, 0.1) is 18.8 Å². The Morgan fingerprint density at radius 3 is 1.45 bits per heavy atom. The summed E-state index contributed by atoms with van der Waals surface area (Å²) in [6.45, 7) is 4.23. The minimum absolute atomic E-state index is 0.0843. The number of carbonyl (C=O) groups excluding carboxylic acids is 1. The van der Waals surface area contributed by atoms with E-state index in [1.807, 2.05) is 6.08 Å². The van der Waals surface area contributed by atoms with Crippen LogP contribution in [0.4, 0.5) is 0 Å². The van der Waals surface area contributed by atoms with E-state index in [0.717, 1.165) is 32.1 Å². The van der Waals surface area contributed by atoms with Gasteiger partial charge in [-0.3, -0.25) is 4.79 Å². The maximum absolute atomic E-state index is 12.1. The maximum Gasteiger partial charge on any atom is 0.220 e. The van der Waals surface area contributed by atoms with Gasteiger partial charge >= 0.3 is 0 Å². The average molecular weight is 564 g/mol. The molecule has 1 amide bonds. The number of rotatable bonds is 31. The molecule has 0 aromatic carbocycles. The third-order valence-corrected chi connectivity index (χ3v) is 7.94. The zero-order chi connectivity index (χ0) is 29.4. The van der Waals surface area contributed by atoms with Gasteiger partial charge < -0.3 is 15.5 Å². The number of aliphatic hydroxyl groups is 2. The molecule has 2 unspecified atom stereocenters. The number of amides is 1. The molecule has 0 saturated heterocycles. The van der Waals surface area contributed by atoms with Gasteiger partial charge in [-0.2, -0.15) is 0 Å². The van der Waals surface area contributed by atoms with Crippen LogP contribution < -0.4 is 5.32 Å². The van der Waals surface area contributed by atoms with Gasteiger partial charge in [0.25, 0.3) is 0 Å². The molecule has 0 spiro atoms. The average Bonchev–Trinajstić information content (AvgIpc) is 2.96. The Morgan fingerprint density at radius 1 is 0.575 bits per heavy atom. The summed E-state index contributed by atoms with van der Waals surface area (Å²) >= 11 is 0. The number of aliphatic hydroxyl groups excluding tert-OH is 2. The second kappa shape index (κ2) is 32.4. The van der Waals surface area contributed by atoms with E-state index in [-0.39, 0.29) is 12.5 Å². The van der Waals surface area contributed by atoms with E-state index in [4.69, 9.17) is 0 Å². The molecule has 2 atom stereocenters. The van der Waals surface area contributed by atoms with Crippen LogP contribution in [0.5, 0.6) is 0 Å². The lowest BCUT2D eigenvalue weighted by Gasteiger charge is -2.19. The molecule has 0 bridgehead atoms. The number of hydrogen-bond donors (Lipinski definition) is 3. The molecule has 0 rings (SSSR count). The molecular weight excluding hydrogens is 494 g/mol. The Bertz CT molecular complexity index is 574. The van der Waals surface area contributed by atoms with E-state index < -0.39 is 12.1 Å². The van der Waals surface area contributed by atoms with Gasteiger partial charge in [-0.1, -0.05) is 167 Å². The Hall–Kier alpha value is -1.13.